The minimum absolute atomic E-state index is 0.0873. The van der Waals surface area contributed by atoms with Crippen LogP contribution in [0, 0.1) is 5.92 Å². The summed E-state index contributed by atoms with van der Waals surface area (Å²) in [7, 11) is 0. The number of aromatic carboxylic acids is 1. The number of hydrogen-bond donors (Lipinski definition) is 3. The molecule has 5 heteroatoms. The first-order valence-corrected chi connectivity index (χ1v) is 7.40. The van der Waals surface area contributed by atoms with Crippen LogP contribution in [0.1, 0.15) is 49.4 Å². The first-order valence-electron chi connectivity index (χ1n) is 7.40. The van der Waals surface area contributed by atoms with Crippen molar-refractivity contribution in [3.8, 4) is 0 Å². The molecule has 1 aromatic rings. The molecule has 4 N–H and O–H groups in total. The van der Waals surface area contributed by atoms with Crippen molar-refractivity contribution in [2.45, 2.75) is 39.0 Å². The Balaban J connectivity index is 2.49. The van der Waals surface area contributed by atoms with E-state index in [0.717, 1.165) is 25.7 Å². The molecule has 0 aliphatic carbocycles. The Labute approximate surface area is 125 Å². The fourth-order valence-electron chi connectivity index (χ4n) is 2.37. The first-order chi connectivity index (χ1) is 10.1. The molecule has 0 aromatic heterocycles. The van der Waals surface area contributed by atoms with Gasteiger partial charge in [0.15, 0.2) is 0 Å². The lowest BCUT2D eigenvalue weighted by Gasteiger charge is -2.14. The molecule has 5 nitrogen and oxygen atoms in total. The summed E-state index contributed by atoms with van der Waals surface area (Å²) < 4.78 is 0. The highest BCUT2D eigenvalue weighted by Gasteiger charge is 2.11. The van der Waals surface area contributed by atoms with Crippen molar-refractivity contribution in [3.05, 3.63) is 29.8 Å². The molecule has 0 saturated heterocycles. The number of nitrogens with two attached hydrogens (primary N) is 1. The van der Waals surface area contributed by atoms with E-state index in [0.29, 0.717) is 24.6 Å². The second-order valence-electron chi connectivity index (χ2n) is 5.20. The van der Waals surface area contributed by atoms with Gasteiger partial charge in [0, 0.05) is 12.1 Å². The van der Waals surface area contributed by atoms with E-state index in [9.17, 15) is 9.59 Å². The van der Waals surface area contributed by atoms with Crippen LogP contribution in [-0.4, -0.2) is 23.5 Å². The van der Waals surface area contributed by atoms with Crippen molar-refractivity contribution in [1.82, 2.24) is 0 Å². The normalized spacial score (nSPS) is 11.9. The van der Waals surface area contributed by atoms with Crippen LogP contribution >= 0.6 is 0 Å². The zero-order valence-corrected chi connectivity index (χ0v) is 12.5. The standard InChI is InChI=1S/C16H24N2O3/c1-2-4-12(9-10-17)7-8-15(19)18-14-6-3-5-13(11-14)16(20)21/h3,5-6,11-12H,2,4,7-10,17H2,1H3,(H,18,19)(H,20,21). The van der Waals surface area contributed by atoms with Crippen LogP contribution in [0.15, 0.2) is 24.3 Å². The zero-order chi connectivity index (χ0) is 15.7. The number of amides is 1. The third kappa shape index (κ3) is 6.40. The molecule has 1 rings (SSSR count). The van der Waals surface area contributed by atoms with Crippen LogP contribution in [0.25, 0.3) is 0 Å². The maximum atomic E-state index is 11.9. The molecule has 0 heterocycles. The summed E-state index contributed by atoms with van der Waals surface area (Å²) in [5.41, 5.74) is 6.26. The van der Waals surface area contributed by atoms with Crippen LogP contribution < -0.4 is 11.1 Å². The molecule has 0 radical (unpaired) electrons. The Morgan fingerprint density at radius 1 is 1.29 bits per heavy atom. The number of carboxylic acid groups (broad SMARTS) is 1. The average Bonchev–Trinajstić information content (AvgIpc) is 2.45. The van der Waals surface area contributed by atoms with E-state index in [1.165, 1.54) is 12.1 Å². The van der Waals surface area contributed by atoms with Gasteiger partial charge in [0.2, 0.25) is 5.91 Å². The van der Waals surface area contributed by atoms with Crippen molar-refractivity contribution in [1.29, 1.82) is 0 Å². The minimum Gasteiger partial charge on any atom is -0.478 e. The third-order valence-corrected chi connectivity index (χ3v) is 3.44. The predicted molar refractivity (Wildman–Crippen MR) is 83.3 cm³/mol. The van der Waals surface area contributed by atoms with Gasteiger partial charge in [-0.05, 0) is 43.5 Å². The van der Waals surface area contributed by atoms with Crippen molar-refractivity contribution in [2.75, 3.05) is 11.9 Å². The molecule has 0 spiro atoms. The highest BCUT2D eigenvalue weighted by molar-refractivity contribution is 5.93. The van der Waals surface area contributed by atoms with Gasteiger partial charge in [0.1, 0.15) is 0 Å². The topological polar surface area (TPSA) is 92.4 Å². The number of anilines is 1. The summed E-state index contributed by atoms with van der Waals surface area (Å²) in [6.45, 7) is 2.77. The molecule has 1 aromatic carbocycles. The number of hydrogen-bond acceptors (Lipinski definition) is 3. The summed E-state index contributed by atoms with van der Waals surface area (Å²) in [5, 5.41) is 11.7. The predicted octanol–water partition coefficient (Wildman–Crippen LogP) is 2.87. The smallest absolute Gasteiger partial charge is 0.335 e. The maximum Gasteiger partial charge on any atom is 0.335 e. The Bertz CT molecular complexity index is 468. The van der Waals surface area contributed by atoms with E-state index >= 15 is 0 Å². The molecule has 0 fully saturated rings. The number of nitrogens with one attached hydrogen (secondary N) is 1. The van der Waals surface area contributed by atoms with Gasteiger partial charge in [-0.3, -0.25) is 4.79 Å². The average molecular weight is 292 g/mol. The number of carbonyl (C=O) groups excluding carboxylic acids is 1. The lowest BCUT2D eigenvalue weighted by molar-refractivity contribution is -0.116. The van der Waals surface area contributed by atoms with E-state index in [2.05, 4.69) is 12.2 Å². The quantitative estimate of drug-likeness (QED) is 0.652. The molecule has 0 saturated carbocycles. The van der Waals surface area contributed by atoms with Crippen molar-refractivity contribution in [2.24, 2.45) is 11.7 Å². The molecule has 21 heavy (non-hydrogen) atoms. The SMILES string of the molecule is CCCC(CCN)CCC(=O)Nc1cccc(C(=O)O)c1. The largest absolute Gasteiger partial charge is 0.478 e. The molecule has 0 bridgehead atoms. The van der Waals surface area contributed by atoms with E-state index < -0.39 is 5.97 Å². The second-order valence-corrected chi connectivity index (χ2v) is 5.20. The van der Waals surface area contributed by atoms with Crippen molar-refractivity contribution >= 4 is 17.6 Å². The van der Waals surface area contributed by atoms with Crippen LogP contribution in [0.5, 0.6) is 0 Å². The number of carboxylic acids is 1. The van der Waals surface area contributed by atoms with E-state index in [1.807, 2.05) is 0 Å². The van der Waals surface area contributed by atoms with Crippen LogP contribution in [0.3, 0.4) is 0 Å². The first kappa shape index (κ1) is 17.2. The number of benzene rings is 1. The highest BCUT2D eigenvalue weighted by atomic mass is 16.4. The van der Waals surface area contributed by atoms with Gasteiger partial charge in [-0.2, -0.15) is 0 Å². The Kier molecular flexibility index (Phi) is 7.46. The summed E-state index contributed by atoms with van der Waals surface area (Å²) in [5.74, 6) is -0.608. The Hall–Kier alpha value is -1.88. The molecule has 0 aliphatic rings. The van der Waals surface area contributed by atoms with E-state index in [4.69, 9.17) is 10.8 Å². The summed E-state index contributed by atoms with van der Waals surface area (Å²) in [6, 6.07) is 6.27. The molecule has 0 aliphatic heterocycles. The van der Waals surface area contributed by atoms with Gasteiger partial charge < -0.3 is 16.2 Å². The van der Waals surface area contributed by atoms with Crippen LogP contribution in [0.2, 0.25) is 0 Å². The van der Waals surface area contributed by atoms with E-state index in [1.54, 1.807) is 12.1 Å². The Morgan fingerprint density at radius 2 is 2.05 bits per heavy atom. The molecule has 1 atom stereocenters. The fourth-order valence-corrected chi connectivity index (χ4v) is 2.37. The lowest BCUT2D eigenvalue weighted by atomic mass is 9.94. The van der Waals surface area contributed by atoms with Gasteiger partial charge in [-0.25, -0.2) is 4.79 Å². The summed E-state index contributed by atoms with van der Waals surface area (Å²) in [6.07, 6.45) is 4.36. The summed E-state index contributed by atoms with van der Waals surface area (Å²) in [4.78, 5) is 22.8. The zero-order valence-electron chi connectivity index (χ0n) is 12.5. The molecular weight excluding hydrogens is 268 g/mol. The fraction of sp³-hybridized carbons (Fsp3) is 0.500. The Morgan fingerprint density at radius 3 is 2.67 bits per heavy atom. The van der Waals surface area contributed by atoms with E-state index in [-0.39, 0.29) is 11.5 Å². The lowest BCUT2D eigenvalue weighted by Crippen LogP contribution is -2.15. The van der Waals surface area contributed by atoms with Crippen molar-refractivity contribution < 1.29 is 14.7 Å². The third-order valence-electron chi connectivity index (χ3n) is 3.44. The van der Waals surface area contributed by atoms with Gasteiger partial charge >= 0.3 is 5.97 Å². The second kappa shape index (κ2) is 9.13. The minimum atomic E-state index is -1.00. The molecule has 1 amide bonds. The van der Waals surface area contributed by atoms with Gasteiger partial charge in [-0.15, -0.1) is 0 Å². The summed E-state index contributed by atoms with van der Waals surface area (Å²) >= 11 is 0. The number of carbonyl (C=O) groups is 2. The molecular formula is C16H24N2O3. The van der Waals surface area contributed by atoms with Gasteiger partial charge in [-0.1, -0.05) is 25.8 Å². The van der Waals surface area contributed by atoms with Gasteiger partial charge in [0.05, 0.1) is 5.56 Å². The van der Waals surface area contributed by atoms with Gasteiger partial charge in [0.25, 0.3) is 0 Å². The monoisotopic (exact) mass is 292 g/mol. The highest BCUT2D eigenvalue weighted by Crippen LogP contribution is 2.18. The van der Waals surface area contributed by atoms with Crippen LogP contribution in [-0.2, 0) is 4.79 Å². The number of rotatable bonds is 9. The van der Waals surface area contributed by atoms with Crippen molar-refractivity contribution in [3.63, 3.8) is 0 Å². The molecule has 116 valence electrons. The maximum absolute atomic E-state index is 11.9. The molecule has 1 unspecified atom stereocenters. The van der Waals surface area contributed by atoms with Crippen LogP contribution in [0.4, 0.5) is 5.69 Å².